The van der Waals surface area contributed by atoms with E-state index < -0.39 is 26.6 Å². The van der Waals surface area contributed by atoms with Crippen molar-refractivity contribution in [2.24, 2.45) is 0 Å². The lowest BCUT2D eigenvalue weighted by Gasteiger charge is -2.34. The third-order valence-corrected chi connectivity index (χ3v) is 7.33. The number of fused-ring (bicyclic) bond motifs is 1. The monoisotopic (exact) mass is 456 g/mol. The lowest BCUT2D eigenvalue weighted by Crippen LogP contribution is -2.49. The van der Waals surface area contributed by atoms with Gasteiger partial charge in [-0.1, -0.05) is 18.2 Å². The van der Waals surface area contributed by atoms with Crippen LogP contribution in [0.2, 0.25) is 0 Å². The number of halogens is 2. The van der Waals surface area contributed by atoms with Crippen LogP contribution in [0.4, 0.5) is 14.6 Å². The molecule has 8 nitrogen and oxygen atoms in total. The summed E-state index contributed by atoms with van der Waals surface area (Å²) in [6, 6.07) is 12.1. The number of aromatic nitrogens is 4. The maximum absolute atomic E-state index is 14.1. The minimum absolute atomic E-state index is 0.136. The fourth-order valence-corrected chi connectivity index (χ4v) is 5.27. The average molecular weight is 456 g/mol. The van der Waals surface area contributed by atoms with Crippen LogP contribution in [0.3, 0.4) is 0 Å². The quantitative estimate of drug-likeness (QED) is 0.470. The molecule has 0 bridgehead atoms. The van der Waals surface area contributed by atoms with E-state index in [2.05, 4.69) is 15.1 Å². The van der Waals surface area contributed by atoms with Gasteiger partial charge in [0.1, 0.15) is 28.7 Å². The zero-order chi connectivity index (χ0) is 22.3. The van der Waals surface area contributed by atoms with E-state index in [0.717, 1.165) is 23.2 Å². The minimum Gasteiger partial charge on any atom is -0.353 e. The van der Waals surface area contributed by atoms with Gasteiger partial charge >= 0.3 is 0 Å². The van der Waals surface area contributed by atoms with Crippen LogP contribution in [-0.2, 0) is 10.0 Å². The zero-order valence-electron chi connectivity index (χ0n) is 16.8. The summed E-state index contributed by atoms with van der Waals surface area (Å²) >= 11 is 0. The van der Waals surface area contributed by atoms with Crippen molar-refractivity contribution in [3.05, 3.63) is 72.7 Å². The summed E-state index contributed by atoms with van der Waals surface area (Å²) in [5, 5.41) is 5.19. The van der Waals surface area contributed by atoms with Crippen LogP contribution >= 0.6 is 0 Å². The molecule has 4 aromatic rings. The number of para-hydroxylation sites is 1. The molecule has 32 heavy (non-hydrogen) atoms. The van der Waals surface area contributed by atoms with Gasteiger partial charge in [0.15, 0.2) is 5.65 Å². The number of benzene rings is 2. The first-order chi connectivity index (χ1) is 15.4. The second-order valence-corrected chi connectivity index (χ2v) is 9.20. The highest BCUT2D eigenvalue weighted by Crippen LogP contribution is 2.27. The molecule has 0 unspecified atom stereocenters. The van der Waals surface area contributed by atoms with Crippen molar-refractivity contribution in [3.8, 4) is 5.69 Å². The van der Waals surface area contributed by atoms with E-state index in [-0.39, 0.29) is 13.1 Å². The van der Waals surface area contributed by atoms with E-state index in [9.17, 15) is 17.2 Å². The van der Waals surface area contributed by atoms with E-state index in [0.29, 0.717) is 30.6 Å². The first-order valence-electron chi connectivity index (χ1n) is 9.89. The number of piperazine rings is 1. The molecule has 0 aliphatic carbocycles. The first-order valence-corrected chi connectivity index (χ1v) is 11.3. The Morgan fingerprint density at radius 2 is 1.66 bits per heavy atom. The predicted molar refractivity (Wildman–Crippen MR) is 114 cm³/mol. The molecule has 0 saturated carbocycles. The molecule has 0 radical (unpaired) electrons. The van der Waals surface area contributed by atoms with Crippen molar-refractivity contribution < 1.29 is 17.2 Å². The topological polar surface area (TPSA) is 84.2 Å². The largest absolute Gasteiger partial charge is 0.353 e. The van der Waals surface area contributed by atoms with Crippen molar-refractivity contribution in [1.82, 2.24) is 24.1 Å². The third-order valence-electron chi connectivity index (χ3n) is 5.40. The zero-order valence-corrected chi connectivity index (χ0v) is 17.6. The SMILES string of the molecule is O=S(=O)(c1ccc(F)cc1F)N1CCN(c2ncnc3c2cnn3-c2ccccc2)CC1. The lowest BCUT2D eigenvalue weighted by atomic mass is 10.3. The lowest BCUT2D eigenvalue weighted by molar-refractivity contribution is 0.381. The molecule has 2 aromatic heterocycles. The summed E-state index contributed by atoms with van der Waals surface area (Å²) < 4.78 is 55.9. The van der Waals surface area contributed by atoms with Gasteiger partial charge in [-0.05, 0) is 24.3 Å². The summed E-state index contributed by atoms with van der Waals surface area (Å²) in [7, 11) is -4.07. The van der Waals surface area contributed by atoms with Gasteiger partial charge in [0.2, 0.25) is 10.0 Å². The maximum Gasteiger partial charge on any atom is 0.246 e. The van der Waals surface area contributed by atoms with E-state index in [1.807, 2.05) is 35.2 Å². The molecule has 11 heteroatoms. The van der Waals surface area contributed by atoms with Crippen LogP contribution in [0.1, 0.15) is 0 Å². The summed E-state index contributed by atoms with van der Waals surface area (Å²) in [6.45, 7) is 0.976. The van der Waals surface area contributed by atoms with Gasteiger partial charge in [0.25, 0.3) is 0 Å². The fraction of sp³-hybridized carbons (Fsp3) is 0.190. The van der Waals surface area contributed by atoms with Gasteiger partial charge in [-0.2, -0.15) is 9.40 Å². The Morgan fingerprint density at radius 3 is 2.38 bits per heavy atom. The molecule has 0 amide bonds. The number of anilines is 1. The van der Waals surface area contributed by atoms with Crippen molar-refractivity contribution in [2.75, 3.05) is 31.1 Å². The number of sulfonamides is 1. The summed E-state index contributed by atoms with van der Waals surface area (Å²) in [5.74, 6) is -1.27. The number of nitrogens with zero attached hydrogens (tertiary/aromatic N) is 6. The van der Waals surface area contributed by atoms with E-state index in [1.165, 1.54) is 10.6 Å². The van der Waals surface area contributed by atoms with E-state index in [4.69, 9.17) is 0 Å². The fourth-order valence-electron chi connectivity index (χ4n) is 3.81. The first kappa shape index (κ1) is 20.5. The number of hydrogen-bond acceptors (Lipinski definition) is 6. The summed E-state index contributed by atoms with van der Waals surface area (Å²) in [4.78, 5) is 10.2. The molecule has 0 spiro atoms. The Hall–Kier alpha value is -3.44. The van der Waals surface area contributed by atoms with Crippen LogP contribution in [0, 0.1) is 11.6 Å². The molecule has 0 N–H and O–H groups in total. The van der Waals surface area contributed by atoms with Crippen LogP contribution in [-0.4, -0.2) is 58.7 Å². The van der Waals surface area contributed by atoms with Crippen LogP contribution in [0.15, 0.2) is 66.0 Å². The van der Waals surface area contributed by atoms with Gasteiger partial charge < -0.3 is 4.90 Å². The molecular weight excluding hydrogens is 438 g/mol. The smallest absolute Gasteiger partial charge is 0.246 e. The Bertz CT molecular complexity index is 1390. The molecule has 3 heterocycles. The van der Waals surface area contributed by atoms with E-state index in [1.54, 1.807) is 10.9 Å². The second kappa shape index (κ2) is 7.92. The van der Waals surface area contributed by atoms with Crippen molar-refractivity contribution in [3.63, 3.8) is 0 Å². The van der Waals surface area contributed by atoms with Crippen molar-refractivity contribution in [1.29, 1.82) is 0 Å². The van der Waals surface area contributed by atoms with Gasteiger partial charge in [-0.25, -0.2) is 31.8 Å². The van der Waals surface area contributed by atoms with Crippen LogP contribution in [0.25, 0.3) is 16.7 Å². The molecule has 2 aromatic carbocycles. The molecular formula is C21H18F2N6O2S. The molecule has 164 valence electrons. The van der Waals surface area contributed by atoms with Gasteiger partial charge in [-0.15, -0.1) is 0 Å². The molecule has 1 fully saturated rings. The molecule has 1 aliphatic rings. The highest BCUT2D eigenvalue weighted by atomic mass is 32.2. The van der Waals surface area contributed by atoms with Gasteiger partial charge in [-0.3, -0.25) is 0 Å². The maximum atomic E-state index is 14.1. The predicted octanol–water partition coefficient (Wildman–Crippen LogP) is 2.60. The van der Waals surface area contributed by atoms with E-state index >= 15 is 0 Å². The second-order valence-electron chi connectivity index (χ2n) is 7.29. The standard InChI is InChI=1S/C21H18F2N6O2S/c22-15-6-7-19(18(23)12-15)32(30,31)28-10-8-27(9-11-28)20-17-13-26-29(21(17)25-14-24-20)16-4-2-1-3-5-16/h1-7,12-14H,8-11H2. The third kappa shape index (κ3) is 3.49. The normalized spacial score (nSPS) is 15.4. The van der Waals surface area contributed by atoms with Crippen molar-refractivity contribution >= 4 is 26.9 Å². The molecule has 1 aliphatic heterocycles. The summed E-state index contributed by atoms with van der Waals surface area (Å²) in [5.41, 5.74) is 1.51. The van der Waals surface area contributed by atoms with Gasteiger partial charge in [0.05, 0.1) is 17.3 Å². The Kier molecular flexibility index (Phi) is 5.06. The highest BCUT2D eigenvalue weighted by Gasteiger charge is 2.31. The molecule has 5 rings (SSSR count). The molecule has 1 saturated heterocycles. The Labute approximate surface area is 182 Å². The van der Waals surface area contributed by atoms with Crippen LogP contribution in [0.5, 0.6) is 0 Å². The Morgan fingerprint density at radius 1 is 0.906 bits per heavy atom. The van der Waals surface area contributed by atoms with Gasteiger partial charge in [0, 0.05) is 32.2 Å². The number of hydrogen-bond donors (Lipinski definition) is 0. The van der Waals surface area contributed by atoms with Crippen molar-refractivity contribution in [2.45, 2.75) is 4.90 Å². The average Bonchev–Trinajstić information content (AvgIpc) is 3.24. The highest BCUT2D eigenvalue weighted by molar-refractivity contribution is 7.89. The molecule has 0 atom stereocenters. The Balaban J connectivity index is 1.39. The van der Waals surface area contributed by atoms with Crippen LogP contribution < -0.4 is 4.90 Å². The number of rotatable bonds is 4. The minimum atomic E-state index is -4.07. The summed E-state index contributed by atoms with van der Waals surface area (Å²) in [6.07, 6.45) is 3.14.